The van der Waals surface area contributed by atoms with Crippen LogP contribution in [-0.4, -0.2) is 65.0 Å². The molecule has 0 spiro atoms. The first kappa shape index (κ1) is 20.1. The summed E-state index contributed by atoms with van der Waals surface area (Å²) in [6.07, 6.45) is 7.78. The highest BCUT2D eigenvalue weighted by atomic mass is 16.6. The largest absolute Gasteiger partial charge is 0.366 e. The van der Waals surface area contributed by atoms with Gasteiger partial charge in [-0.15, -0.1) is 0 Å². The van der Waals surface area contributed by atoms with Crippen molar-refractivity contribution in [3.05, 3.63) is 52.3 Å². The van der Waals surface area contributed by atoms with Crippen LogP contribution in [-0.2, 0) is 0 Å². The molecule has 2 fully saturated rings. The number of nitro benzene ring substituents is 1. The standard InChI is InChI=1S/C21H26N6O3/c28-20(25-12-14-26(15-13-25)21-22-8-5-9-23-21)17-6-7-18(19(16-17)27(29)30)24-10-3-1-2-4-11-24/h5-9,16H,1-4,10-15H2. The molecule has 0 bridgehead atoms. The molecule has 0 unspecified atom stereocenters. The van der Waals surface area contributed by atoms with Crippen molar-refractivity contribution >= 4 is 23.2 Å². The van der Waals surface area contributed by atoms with Gasteiger partial charge in [0.2, 0.25) is 5.95 Å². The van der Waals surface area contributed by atoms with Gasteiger partial charge >= 0.3 is 0 Å². The minimum Gasteiger partial charge on any atom is -0.366 e. The Hall–Kier alpha value is -3.23. The van der Waals surface area contributed by atoms with E-state index in [1.165, 1.54) is 6.07 Å². The quantitative estimate of drug-likeness (QED) is 0.565. The molecule has 2 aliphatic heterocycles. The molecule has 0 saturated carbocycles. The fourth-order valence-electron chi connectivity index (χ4n) is 4.13. The molecule has 2 aliphatic rings. The smallest absolute Gasteiger partial charge is 0.293 e. The van der Waals surface area contributed by atoms with Gasteiger partial charge in [-0.2, -0.15) is 0 Å². The number of piperazine rings is 1. The zero-order valence-corrected chi connectivity index (χ0v) is 16.9. The number of hydrogen-bond acceptors (Lipinski definition) is 7. The monoisotopic (exact) mass is 410 g/mol. The maximum atomic E-state index is 13.0. The molecule has 9 nitrogen and oxygen atoms in total. The average molecular weight is 410 g/mol. The Bertz CT molecular complexity index is 891. The van der Waals surface area contributed by atoms with Crippen LogP contribution in [0.1, 0.15) is 36.0 Å². The Kier molecular flexibility index (Phi) is 6.06. The highest BCUT2D eigenvalue weighted by molar-refractivity contribution is 5.96. The van der Waals surface area contributed by atoms with E-state index in [0.717, 1.165) is 38.8 Å². The summed E-state index contributed by atoms with van der Waals surface area (Å²) in [6.45, 7) is 3.94. The maximum Gasteiger partial charge on any atom is 0.293 e. The summed E-state index contributed by atoms with van der Waals surface area (Å²) in [4.78, 5) is 38.7. The minimum absolute atomic E-state index is 0.0130. The van der Waals surface area contributed by atoms with Crippen LogP contribution in [0.25, 0.3) is 0 Å². The van der Waals surface area contributed by atoms with Crippen LogP contribution < -0.4 is 9.80 Å². The van der Waals surface area contributed by atoms with Crippen LogP contribution in [0.4, 0.5) is 17.3 Å². The summed E-state index contributed by atoms with van der Waals surface area (Å²) in [6, 6.07) is 6.67. The highest BCUT2D eigenvalue weighted by Crippen LogP contribution is 2.31. The van der Waals surface area contributed by atoms with Crippen molar-refractivity contribution in [3.63, 3.8) is 0 Å². The third-order valence-corrected chi connectivity index (χ3v) is 5.77. The second-order valence-electron chi connectivity index (χ2n) is 7.69. The summed E-state index contributed by atoms with van der Waals surface area (Å²) in [5.74, 6) is 0.483. The van der Waals surface area contributed by atoms with Crippen molar-refractivity contribution in [1.82, 2.24) is 14.9 Å². The van der Waals surface area contributed by atoms with Crippen molar-refractivity contribution in [2.24, 2.45) is 0 Å². The summed E-state index contributed by atoms with van der Waals surface area (Å²) in [5.41, 5.74) is 0.994. The van der Waals surface area contributed by atoms with Crippen molar-refractivity contribution < 1.29 is 9.72 Å². The Morgan fingerprint density at radius 3 is 2.20 bits per heavy atom. The normalized spacial score (nSPS) is 17.5. The first-order valence-electron chi connectivity index (χ1n) is 10.5. The van der Waals surface area contributed by atoms with Crippen LogP contribution in [0.15, 0.2) is 36.7 Å². The highest BCUT2D eigenvalue weighted by Gasteiger charge is 2.27. The molecule has 2 saturated heterocycles. The summed E-state index contributed by atoms with van der Waals surface area (Å²) in [5, 5.41) is 11.7. The van der Waals surface area contributed by atoms with Gasteiger partial charge in [-0.3, -0.25) is 14.9 Å². The topological polar surface area (TPSA) is 95.7 Å². The maximum absolute atomic E-state index is 13.0. The average Bonchev–Trinajstić information content (AvgIpc) is 3.08. The lowest BCUT2D eigenvalue weighted by Gasteiger charge is -2.34. The lowest BCUT2D eigenvalue weighted by Crippen LogP contribution is -2.49. The third kappa shape index (κ3) is 4.34. The molecule has 9 heteroatoms. The number of hydrogen-bond donors (Lipinski definition) is 0. The number of aromatic nitrogens is 2. The number of benzene rings is 1. The minimum atomic E-state index is -0.373. The first-order valence-corrected chi connectivity index (χ1v) is 10.5. The number of nitro groups is 1. The number of rotatable bonds is 4. The molecular weight excluding hydrogens is 384 g/mol. The van der Waals surface area contributed by atoms with Crippen LogP contribution in [0.2, 0.25) is 0 Å². The van der Waals surface area contributed by atoms with Gasteiger partial charge in [-0.05, 0) is 31.0 Å². The molecule has 0 radical (unpaired) electrons. The van der Waals surface area contributed by atoms with Crippen LogP contribution in [0.5, 0.6) is 0 Å². The van der Waals surface area contributed by atoms with E-state index < -0.39 is 0 Å². The van der Waals surface area contributed by atoms with Gasteiger partial charge in [0.05, 0.1) is 4.92 Å². The Morgan fingerprint density at radius 2 is 1.57 bits per heavy atom. The van der Waals surface area contributed by atoms with Crippen LogP contribution in [0.3, 0.4) is 0 Å². The van der Waals surface area contributed by atoms with Gasteiger partial charge in [0.25, 0.3) is 11.6 Å². The van der Waals surface area contributed by atoms with E-state index in [2.05, 4.69) is 14.9 Å². The van der Waals surface area contributed by atoms with Gasteiger partial charge in [0.15, 0.2) is 0 Å². The number of amides is 1. The summed E-state index contributed by atoms with van der Waals surface area (Å²) >= 11 is 0. The predicted octanol–water partition coefficient (Wildman–Crippen LogP) is 2.73. The number of carbonyl (C=O) groups is 1. The first-order chi connectivity index (χ1) is 14.6. The Labute approximate surface area is 175 Å². The predicted molar refractivity (Wildman–Crippen MR) is 114 cm³/mol. The molecule has 0 aliphatic carbocycles. The Morgan fingerprint density at radius 1 is 0.900 bits per heavy atom. The van der Waals surface area contributed by atoms with E-state index >= 15 is 0 Å². The summed E-state index contributed by atoms with van der Waals surface area (Å²) < 4.78 is 0. The van der Waals surface area contributed by atoms with E-state index in [1.54, 1.807) is 35.5 Å². The lowest BCUT2D eigenvalue weighted by molar-refractivity contribution is -0.384. The molecule has 0 atom stereocenters. The zero-order chi connectivity index (χ0) is 20.9. The molecule has 1 amide bonds. The van der Waals surface area contributed by atoms with Gasteiger partial charge in [-0.25, -0.2) is 9.97 Å². The van der Waals surface area contributed by atoms with Crippen molar-refractivity contribution in [1.29, 1.82) is 0 Å². The number of nitrogens with zero attached hydrogens (tertiary/aromatic N) is 6. The SMILES string of the molecule is O=C(c1ccc(N2CCCCCC2)c([N+](=O)[O-])c1)N1CCN(c2ncccn2)CC1. The van der Waals surface area contributed by atoms with Crippen molar-refractivity contribution in [2.45, 2.75) is 25.7 Å². The Balaban J connectivity index is 1.47. The van der Waals surface area contributed by atoms with Crippen molar-refractivity contribution in [2.75, 3.05) is 49.1 Å². The molecule has 1 aromatic carbocycles. The lowest BCUT2D eigenvalue weighted by atomic mass is 10.1. The van der Waals surface area contributed by atoms with E-state index in [9.17, 15) is 14.9 Å². The molecule has 0 N–H and O–H groups in total. The molecule has 30 heavy (non-hydrogen) atoms. The van der Waals surface area contributed by atoms with E-state index in [1.807, 2.05) is 4.90 Å². The molecular formula is C21H26N6O3. The zero-order valence-electron chi connectivity index (χ0n) is 16.9. The van der Waals surface area contributed by atoms with Gasteiger partial charge in [0.1, 0.15) is 5.69 Å². The van der Waals surface area contributed by atoms with Crippen LogP contribution in [0, 0.1) is 10.1 Å². The third-order valence-electron chi connectivity index (χ3n) is 5.77. The second-order valence-corrected chi connectivity index (χ2v) is 7.69. The molecule has 2 aromatic rings. The van der Waals surface area contributed by atoms with Gasteiger partial charge in [-0.1, -0.05) is 12.8 Å². The number of anilines is 2. The molecule has 3 heterocycles. The second kappa shape index (κ2) is 9.06. The van der Waals surface area contributed by atoms with E-state index in [0.29, 0.717) is 43.4 Å². The molecule has 4 rings (SSSR count). The van der Waals surface area contributed by atoms with E-state index in [4.69, 9.17) is 0 Å². The molecule has 158 valence electrons. The van der Waals surface area contributed by atoms with Gasteiger partial charge in [0, 0.05) is 63.3 Å². The van der Waals surface area contributed by atoms with Gasteiger partial charge < -0.3 is 14.7 Å². The van der Waals surface area contributed by atoms with Crippen LogP contribution >= 0.6 is 0 Å². The van der Waals surface area contributed by atoms with E-state index in [-0.39, 0.29) is 16.5 Å². The fourth-order valence-corrected chi connectivity index (χ4v) is 4.13. The summed E-state index contributed by atoms with van der Waals surface area (Å²) in [7, 11) is 0. The van der Waals surface area contributed by atoms with Crippen molar-refractivity contribution in [3.8, 4) is 0 Å². The number of carbonyl (C=O) groups excluding carboxylic acids is 1. The fraction of sp³-hybridized carbons (Fsp3) is 0.476. The molecule has 1 aromatic heterocycles.